The first-order valence-corrected chi connectivity index (χ1v) is 5.06. The number of rotatable bonds is 3. The van der Waals surface area contributed by atoms with Gasteiger partial charge < -0.3 is 10.2 Å². The number of benzene rings is 1. The van der Waals surface area contributed by atoms with Gasteiger partial charge in [0.05, 0.1) is 5.56 Å². The number of halogens is 2. The van der Waals surface area contributed by atoms with E-state index < -0.39 is 5.82 Å². The van der Waals surface area contributed by atoms with Crippen LogP contribution in [0.3, 0.4) is 0 Å². The summed E-state index contributed by atoms with van der Waals surface area (Å²) in [5.74, 6) is 0.0416. The van der Waals surface area contributed by atoms with E-state index in [0.29, 0.717) is 23.9 Å². The van der Waals surface area contributed by atoms with E-state index in [-0.39, 0.29) is 11.5 Å². The number of hydrogen-bond acceptors (Lipinski definition) is 4. The van der Waals surface area contributed by atoms with Crippen molar-refractivity contribution in [3.8, 4) is 11.5 Å². The number of nitrogens with two attached hydrogens (primary N) is 1. The fourth-order valence-corrected chi connectivity index (χ4v) is 1.41. The molecule has 0 radical (unpaired) electrons. The maximum atomic E-state index is 13.5. The molecule has 1 aromatic heterocycles. The Hall–Kier alpha value is -1.46. The summed E-state index contributed by atoms with van der Waals surface area (Å²) in [6, 6.07) is 4.26. The van der Waals surface area contributed by atoms with Crippen LogP contribution in [-0.4, -0.2) is 16.7 Å². The molecule has 0 aliphatic rings. The average Bonchev–Trinajstić information content (AvgIpc) is 2.67. The summed E-state index contributed by atoms with van der Waals surface area (Å²) in [7, 11) is 0. The van der Waals surface area contributed by atoms with Crippen molar-refractivity contribution in [2.45, 2.75) is 6.42 Å². The maximum Gasteiger partial charge on any atom is 0.250 e. The Morgan fingerprint density at radius 3 is 2.88 bits per heavy atom. The predicted molar refractivity (Wildman–Crippen MR) is 57.5 cm³/mol. The SMILES string of the molecule is NCCc1nnc(-c2ccc(Cl)cc2F)o1. The topological polar surface area (TPSA) is 64.9 Å². The van der Waals surface area contributed by atoms with Crippen molar-refractivity contribution in [1.82, 2.24) is 10.2 Å². The summed E-state index contributed by atoms with van der Waals surface area (Å²) in [6.07, 6.45) is 0.474. The van der Waals surface area contributed by atoms with E-state index >= 15 is 0 Å². The van der Waals surface area contributed by atoms with Crippen molar-refractivity contribution < 1.29 is 8.81 Å². The molecule has 16 heavy (non-hydrogen) atoms. The Bertz CT molecular complexity index is 501. The van der Waals surface area contributed by atoms with Crippen LogP contribution in [0.1, 0.15) is 5.89 Å². The van der Waals surface area contributed by atoms with Gasteiger partial charge >= 0.3 is 0 Å². The zero-order valence-corrected chi connectivity index (χ0v) is 9.04. The first-order valence-electron chi connectivity index (χ1n) is 4.68. The summed E-state index contributed by atoms with van der Waals surface area (Å²) in [5, 5.41) is 7.81. The fourth-order valence-electron chi connectivity index (χ4n) is 1.25. The van der Waals surface area contributed by atoms with E-state index in [1.54, 1.807) is 6.07 Å². The molecule has 84 valence electrons. The fraction of sp³-hybridized carbons (Fsp3) is 0.200. The van der Waals surface area contributed by atoms with Gasteiger partial charge in [-0.15, -0.1) is 10.2 Å². The summed E-state index contributed by atoms with van der Waals surface area (Å²) < 4.78 is 18.7. The van der Waals surface area contributed by atoms with Crippen LogP contribution in [0.2, 0.25) is 5.02 Å². The first kappa shape index (κ1) is 11.0. The third kappa shape index (κ3) is 2.20. The van der Waals surface area contributed by atoms with Gasteiger partial charge in [-0.05, 0) is 18.2 Å². The van der Waals surface area contributed by atoms with E-state index in [2.05, 4.69) is 10.2 Å². The Labute approximate surface area is 96.2 Å². The van der Waals surface area contributed by atoms with E-state index in [1.165, 1.54) is 12.1 Å². The third-order valence-corrected chi connectivity index (χ3v) is 2.22. The lowest BCUT2D eigenvalue weighted by atomic mass is 10.2. The Morgan fingerprint density at radius 1 is 1.38 bits per heavy atom. The Balaban J connectivity index is 2.35. The molecule has 2 N–H and O–H groups in total. The van der Waals surface area contributed by atoms with Crippen LogP contribution in [0, 0.1) is 5.82 Å². The zero-order valence-electron chi connectivity index (χ0n) is 8.28. The molecule has 0 bridgehead atoms. The average molecular weight is 242 g/mol. The molecule has 1 aromatic carbocycles. The second-order valence-electron chi connectivity index (χ2n) is 3.16. The molecule has 0 spiro atoms. The Morgan fingerprint density at radius 2 is 2.19 bits per heavy atom. The molecule has 1 heterocycles. The molecule has 2 rings (SSSR count). The number of aromatic nitrogens is 2. The third-order valence-electron chi connectivity index (χ3n) is 1.99. The van der Waals surface area contributed by atoms with Crippen molar-refractivity contribution in [3.05, 3.63) is 34.9 Å². The second-order valence-corrected chi connectivity index (χ2v) is 3.60. The molecule has 0 aliphatic carbocycles. The smallest absolute Gasteiger partial charge is 0.250 e. The highest BCUT2D eigenvalue weighted by Gasteiger charge is 2.12. The molecule has 4 nitrogen and oxygen atoms in total. The van der Waals surface area contributed by atoms with Crippen LogP contribution < -0.4 is 5.73 Å². The lowest BCUT2D eigenvalue weighted by Crippen LogP contribution is -2.02. The number of hydrogen-bond donors (Lipinski definition) is 1. The van der Waals surface area contributed by atoms with Gasteiger partial charge in [-0.3, -0.25) is 0 Å². The van der Waals surface area contributed by atoms with E-state index in [1.807, 2.05) is 0 Å². The maximum absolute atomic E-state index is 13.5. The molecular formula is C10H9ClFN3O. The van der Waals surface area contributed by atoms with Crippen LogP contribution in [0.15, 0.2) is 22.6 Å². The van der Waals surface area contributed by atoms with Crippen LogP contribution in [0.5, 0.6) is 0 Å². The van der Waals surface area contributed by atoms with Crippen molar-refractivity contribution in [2.75, 3.05) is 6.54 Å². The minimum Gasteiger partial charge on any atom is -0.421 e. The van der Waals surface area contributed by atoms with Gasteiger partial charge in [-0.2, -0.15) is 0 Å². The van der Waals surface area contributed by atoms with Crippen LogP contribution >= 0.6 is 11.6 Å². The number of nitrogens with zero attached hydrogens (tertiary/aromatic N) is 2. The van der Waals surface area contributed by atoms with Crippen molar-refractivity contribution >= 4 is 11.6 Å². The molecule has 2 aromatic rings. The van der Waals surface area contributed by atoms with Crippen molar-refractivity contribution in [2.24, 2.45) is 5.73 Å². The van der Waals surface area contributed by atoms with Gasteiger partial charge in [-0.1, -0.05) is 11.6 Å². The highest BCUT2D eigenvalue weighted by Crippen LogP contribution is 2.24. The molecule has 0 saturated heterocycles. The Kier molecular flexibility index (Phi) is 3.17. The summed E-state index contributed by atoms with van der Waals surface area (Å²) in [4.78, 5) is 0. The summed E-state index contributed by atoms with van der Waals surface area (Å²) >= 11 is 5.64. The highest BCUT2D eigenvalue weighted by molar-refractivity contribution is 6.30. The molecule has 0 amide bonds. The largest absolute Gasteiger partial charge is 0.421 e. The zero-order chi connectivity index (χ0) is 11.5. The van der Waals surface area contributed by atoms with Crippen LogP contribution in [0.25, 0.3) is 11.5 Å². The second kappa shape index (κ2) is 4.59. The van der Waals surface area contributed by atoms with E-state index in [9.17, 15) is 4.39 Å². The van der Waals surface area contributed by atoms with E-state index in [0.717, 1.165) is 0 Å². The molecule has 0 saturated carbocycles. The molecule has 0 atom stereocenters. The molecule has 0 fully saturated rings. The minimum absolute atomic E-state index is 0.137. The van der Waals surface area contributed by atoms with Gasteiger partial charge in [0.25, 0.3) is 5.89 Å². The van der Waals surface area contributed by atoms with Gasteiger partial charge in [0.2, 0.25) is 5.89 Å². The standard InChI is InChI=1S/C10H9ClFN3O/c11-6-1-2-7(8(12)5-6)10-15-14-9(16-10)3-4-13/h1-2,5H,3-4,13H2. The molecule has 6 heteroatoms. The lowest BCUT2D eigenvalue weighted by Gasteiger charge is -1.97. The highest BCUT2D eigenvalue weighted by atomic mass is 35.5. The lowest BCUT2D eigenvalue weighted by molar-refractivity contribution is 0.503. The van der Waals surface area contributed by atoms with Crippen LogP contribution in [-0.2, 0) is 6.42 Å². The monoisotopic (exact) mass is 241 g/mol. The van der Waals surface area contributed by atoms with Crippen molar-refractivity contribution in [1.29, 1.82) is 0 Å². The molecular weight excluding hydrogens is 233 g/mol. The quantitative estimate of drug-likeness (QED) is 0.893. The molecule has 0 aliphatic heterocycles. The predicted octanol–water partition coefficient (Wildman–Crippen LogP) is 2.03. The normalized spacial score (nSPS) is 10.7. The van der Waals surface area contributed by atoms with Crippen LogP contribution in [0.4, 0.5) is 4.39 Å². The van der Waals surface area contributed by atoms with E-state index in [4.69, 9.17) is 21.8 Å². The molecule has 0 unspecified atom stereocenters. The minimum atomic E-state index is -0.490. The van der Waals surface area contributed by atoms with Gasteiger partial charge in [0, 0.05) is 18.0 Å². The summed E-state index contributed by atoms with van der Waals surface area (Å²) in [5.41, 5.74) is 5.58. The van der Waals surface area contributed by atoms with Gasteiger partial charge in [0.15, 0.2) is 0 Å². The summed E-state index contributed by atoms with van der Waals surface area (Å²) in [6.45, 7) is 0.407. The first-order chi connectivity index (χ1) is 7.70. The van der Waals surface area contributed by atoms with Gasteiger partial charge in [-0.25, -0.2) is 4.39 Å². The van der Waals surface area contributed by atoms with Crippen molar-refractivity contribution in [3.63, 3.8) is 0 Å². The van der Waals surface area contributed by atoms with Gasteiger partial charge in [0.1, 0.15) is 5.82 Å².